The first-order valence-electron chi connectivity index (χ1n) is 15.1. The largest absolute Gasteiger partial charge is 0.507 e. The minimum absolute atomic E-state index is 0.00354. The molecule has 3 heterocycles. The Morgan fingerprint density at radius 3 is 2.66 bits per heavy atom. The lowest BCUT2D eigenvalue weighted by atomic mass is 9.94. The zero-order chi connectivity index (χ0) is 31.1. The van der Waals surface area contributed by atoms with Crippen LogP contribution in [-0.2, 0) is 16.0 Å². The van der Waals surface area contributed by atoms with Crippen molar-refractivity contribution in [3.8, 4) is 17.2 Å². The average molecular weight is 613 g/mol. The van der Waals surface area contributed by atoms with Gasteiger partial charge in [0, 0.05) is 12.0 Å². The Labute approximate surface area is 260 Å². The molecule has 1 fully saturated rings. The van der Waals surface area contributed by atoms with Gasteiger partial charge in [-0.3, -0.25) is 14.5 Å². The maximum Gasteiger partial charge on any atom is 0.301 e. The van der Waals surface area contributed by atoms with E-state index in [-0.39, 0.29) is 17.4 Å². The summed E-state index contributed by atoms with van der Waals surface area (Å²) in [6.45, 7) is 10.9. The van der Waals surface area contributed by atoms with Crippen molar-refractivity contribution in [2.45, 2.75) is 66.0 Å². The fraction of sp³-hybridized carbons (Fsp3) is 0.343. The fourth-order valence-corrected chi connectivity index (χ4v) is 7.11. The van der Waals surface area contributed by atoms with E-state index >= 15 is 0 Å². The Morgan fingerprint density at radius 2 is 1.89 bits per heavy atom. The molecule has 1 N–H and O–H groups in total. The molecular weight excluding hydrogens is 576 g/mol. The molecule has 4 aromatic rings. The highest BCUT2D eigenvalue weighted by atomic mass is 32.1. The van der Waals surface area contributed by atoms with Crippen LogP contribution in [0, 0.1) is 13.8 Å². The van der Waals surface area contributed by atoms with Crippen LogP contribution < -0.4 is 19.1 Å². The van der Waals surface area contributed by atoms with Gasteiger partial charge in [0.1, 0.15) is 17.6 Å². The van der Waals surface area contributed by atoms with Crippen molar-refractivity contribution < 1.29 is 28.9 Å². The van der Waals surface area contributed by atoms with E-state index in [2.05, 4.69) is 6.92 Å². The number of aliphatic hydroxyl groups excluding tert-OH is 1. The number of unbranched alkanes of at least 4 members (excludes halogenated alkanes) is 1. The van der Waals surface area contributed by atoms with Crippen LogP contribution in [0.5, 0.6) is 17.2 Å². The van der Waals surface area contributed by atoms with Crippen molar-refractivity contribution in [1.29, 1.82) is 0 Å². The van der Waals surface area contributed by atoms with Crippen LogP contribution in [0.3, 0.4) is 0 Å². The molecule has 3 aromatic carbocycles. The van der Waals surface area contributed by atoms with Crippen molar-refractivity contribution in [3.05, 3.63) is 81.9 Å². The van der Waals surface area contributed by atoms with Gasteiger partial charge in [-0.2, -0.15) is 0 Å². The normalized spacial score (nSPS) is 19.0. The molecule has 0 unspecified atom stereocenters. The molecule has 2 aliphatic rings. The standard InChI is InChI=1S/C35H36N2O6S/c1-6-8-13-42-26-12-9-22(18-27(26)41-7-2)31-29(32(38)23-10-11-25-24(17-23)16-21(5)43-25)33(39)34(40)37(31)35-36-30-20(4)14-19(3)15-28(30)44-35/h9-12,14-15,17-18,21,31,38H,6-8,13,16H2,1-5H3/t21-,31-/m1/s1. The minimum atomic E-state index is -0.940. The highest BCUT2D eigenvalue weighted by Crippen LogP contribution is 2.46. The van der Waals surface area contributed by atoms with E-state index in [0.29, 0.717) is 47.4 Å². The molecule has 2 aliphatic heterocycles. The van der Waals surface area contributed by atoms with Crippen molar-refractivity contribution in [2.24, 2.45) is 0 Å². The molecule has 0 saturated carbocycles. The second-order valence-corrected chi connectivity index (χ2v) is 12.4. The number of anilines is 1. The van der Waals surface area contributed by atoms with E-state index in [0.717, 1.165) is 45.5 Å². The lowest BCUT2D eigenvalue weighted by molar-refractivity contribution is -0.132. The fourth-order valence-electron chi connectivity index (χ4n) is 5.94. The third kappa shape index (κ3) is 5.30. The van der Waals surface area contributed by atoms with Crippen molar-refractivity contribution >= 4 is 44.1 Å². The molecule has 1 saturated heterocycles. The second-order valence-electron chi connectivity index (χ2n) is 11.4. The first-order chi connectivity index (χ1) is 21.2. The molecule has 0 spiro atoms. The summed E-state index contributed by atoms with van der Waals surface area (Å²) < 4.78 is 18.7. The highest BCUT2D eigenvalue weighted by molar-refractivity contribution is 7.22. The van der Waals surface area contributed by atoms with Crippen LogP contribution >= 0.6 is 11.3 Å². The van der Waals surface area contributed by atoms with Gasteiger partial charge in [0.05, 0.1) is 35.0 Å². The van der Waals surface area contributed by atoms with Crippen LogP contribution in [0.1, 0.15) is 67.5 Å². The van der Waals surface area contributed by atoms with Crippen molar-refractivity contribution in [2.75, 3.05) is 18.1 Å². The molecular formula is C35H36N2O6S. The van der Waals surface area contributed by atoms with Gasteiger partial charge in [-0.15, -0.1) is 0 Å². The quantitative estimate of drug-likeness (QED) is 0.0908. The number of Topliss-reactive ketones (excluding diaryl/α,β-unsaturated/α-hetero) is 1. The Hall–Kier alpha value is -4.37. The van der Waals surface area contributed by atoms with E-state index in [4.69, 9.17) is 19.2 Å². The summed E-state index contributed by atoms with van der Waals surface area (Å²) in [5, 5.41) is 12.1. The van der Waals surface area contributed by atoms with Crippen LogP contribution in [0.25, 0.3) is 16.0 Å². The predicted molar refractivity (Wildman–Crippen MR) is 172 cm³/mol. The number of benzene rings is 3. The lowest BCUT2D eigenvalue weighted by Gasteiger charge is -2.24. The first kappa shape index (κ1) is 29.7. The molecule has 0 radical (unpaired) electrons. The number of nitrogens with zero attached hydrogens (tertiary/aromatic N) is 2. The van der Waals surface area contributed by atoms with Crippen LogP contribution in [0.2, 0.25) is 0 Å². The van der Waals surface area contributed by atoms with Crippen molar-refractivity contribution in [3.63, 3.8) is 0 Å². The summed E-state index contributed by atoms with van der Waals surface area (Å²) in [7, 11) is 0. The number of hydrogen-bond acceptors (Lipinski definition) is 8. The Morgan fingerprint density at radius 1 is 1.07 bits per heavy atom. The van der Waals surface area contributed by atoms with E-state index in [1.165, 1.54) is 16.2 Å². The summed E-state index contributed by atoms with van der Waals surface area (Å²) in [4.78, 5) is 34.0. The second kappa shape index (κ2) is 12.0. The topological polar surface area (TPSA) is 98.2 Å². The molecule has 6 rings (SSSR count). The Kier molecular flexibility index (Phi) is 8.07. The highest BCUT2D eigenvalue weighted by Gasteiger charge is 2.48. The summed E-state index contributed by atoms with van der Waals surface area (Å²) in [6.07, 6.45) is 2.60. The molecule has 228 valence electrons. The lowest BCUT2D eigenvalue weighted by Crippen LogP contribution is -2.29. The third-order valence-electron chi connectivity index (χ3n) is 7.98. The number of carbonyl (C=O) groups excluding carboxylic acids is 2. The monoisotopic (exact) mass is 612 g/mol. The van der Waals surface area contributed by atoms with Crippen LogP contribution in [0.15, 0.2) is 54.1 Å². The number of amides is 1. The summed E-state index contributed by atoms with van der Waals surface area (Å²) in [5.74, 6) is 0.0834. The third-order valence-corrected chi connectivity index (χ3v) is 8.98. The smallest absolute Gasteiger partial charge is 0.301 e. The zero-order valence-electron chi connectivity index (χ0n) is 25.6. The first-order valence-corrected chi connectivity index (χ1v) is 15.9. The van der Waals surface area contributed by atoms with Crippen molar-refractivity contribution in [1.82, 2.24) is 4.98 Å². The minimum Gasteiger partial charge on any atom is -0.507 e. The van der Waals surface area contributed by atoms with Crippen LogP contribution in [-0.4, -0.2) is 41.1 Å². The molecule has 1 amide bonds. The Bertz CT molecular complexity index is 1810. The maximum atomic E-state index is 13.9. The SMILES string of the molecule is CCCCOc1ccc([C@@H]2C(=C(O)c3ccc4c(c3)C[C@@H](C)O4)C(=O)C(=O)N2c2nc3c(C)cc(C)cc3s2)cc1OCC. The number of aryl methyl sites for hydroxylation is 2. The van der Waals surface area contributed by atoms with Gasteiger partial charge >= 0.3 is 5.91 Å². The van der Waals surface area contributed by atoms with Crippen LogP contribution in [0.4, 0.5) is 5.13 Å². The zero-order valence-corrected chi connectivity index (χ0v) is 26.4. The number of ether oxygens (including phenoxy) is 3. The van der Waals surface area contributed by atoms with E-state index in [1.807, 2.05) is 52.0 Å². The summed E-state index contributed by atoms with van der Waals surface area (Å²) in [5.41, 5.74) is 4.83. The molecule has 1 aromatic heterocycles. The maximum absolute atomic E-state index is 13.9. The number of aromatic nitrogens is 1. The molecule has 44 heavy (non-hydrogen) atoms. The number of thiazole rings is 1. The van der Waals surface area contributed by atoms with Gasteiger partial charge in [0.25, 0.3) is 5.78 Å². The number of aliphatic hydroxyl groups is 1. The van der Waals surface area contributed by atoms with E-state index in [9.17, 15) is 14.7 Å². The molecule has 2 atom stereocenters. The number of ketones is 1. The van der Waals surface area contributed by atoms with Gasteiger partial charge in [0.15, 0.2) is 16.6 Å². The predicted octanol–water partition coefficient (Wildman–Crippen LogP) is 7.44. The Balaban J connectivity index is 1.53. The van der Waals surface area contributed by atoms with Gasteiger partial charge < -0.3 is 19.3 Å². The molecule has 0 bridgehead atoms. The summed E-state index contributed by atoms with van der Waals surface area (Å²) >= 11 is 1.35. The number of hydrogen-bond donors (Lipinski definition) is 1. The van der Waals surface area contributed by atoms with E-state index in [1.54, 1.807) is 24.3 Å². The van der Waals surface area contributed by atoms with Gasteiger partial charge in [-0.1, -0.05) is 36.8 Å². The van der Waals surface area contributed by atoms with Gasteiger partial charge in [-0.25, -0.2) is 4.98 Å². The molecule has 9 heteroatoms. The number of fused-ring (bicyclic) bond motifs is 2. The van der Waals surface area contributed by atoms with Gasteiger partial charge in [-0.05, 0) is 92.8 Å². The van der Waals surface area contributed by atoms with Gasteiger partial charge in [0.2, 0.25) is 0 Å². The molecule has 8 nitrogen and oxygen atoms in total. The summed E-state index contributed by atoms with van der Waals surface area (Å²) in [6, 6.07) is 13.9. The average Bonchev–Trinajstić information content (AvgIpc) is 3.66. The van der Waals surface area contributed by atoms with E-state index < -0.39 is 17.7 Å². The molecule has 0 aliphatic carbocycles. The number of carbonyl (C=O) groups is 2. The number of rotatable bonds is 9.